The second-order valence-electron chi connectivity index (χ2n) is 3.81. The molecule has 0 aromatic carbocycles. The number of aliphatic hydroxyl groups excluding tert-OH is 1. The highest BCUT2D eigenvalue weighted by atomic mass is 16.3. The topological polar surface area (TPSA) is 32.3 Å². The van der Waals surface area contributed by atoms with Crippen molar-refractivity contribution < 1.29 is 5.11 Å². The van der Waals surface area contributed by atoms with Crippen molar-refractivity contribution in [2.75, 3.05) is 0 Å². The lowest BCUT2D eigenvalue weighted by atomic mass is 10.1. The number of nitrogens with one attached hydrogen (secondary N) is 1. The first-order valence-corrected chi connectivity index (χ1v) is 4.55. The Bertz CT molecular complexity index is 130. The van der Waals surface area contributed by atoms with Crippen molar-refractivity contribution in [2.45, 2.75) is 57.7 Å². The van der Waals surface area contributed by atoms with E-state index in [0.29, 0.717) is 5.54 Å². The molecule has 1 aliphatic carbocycles. The Hall–Kier alpha value is -0.0800. The van der Waals surface area contributed by atoms with Gasteiger partial charge in [0.05, 0.1) is 6.10 Å². The van der Waals surface area contributed by atoms with E-state index in [1.54, 1.807) is 0 Å². The van der Waals surface area contributed by atoms with Crippen LogP contribution in [-0.2, 0) is 0 Å². The predicted octanol–water partition coefficient (Wildman–Crippen LogP) is 1.29. The molecule has 0 saturated heterocycles. The molecule has 2 unspecified atom stereocenters. The van der Waals surface area contributed by atoms with E-state index >= 15 is 0 Å². The van der Waals surface area contributed by atoms with Crippen molar-refractivity contribution in [1.29, 1.82) is 0 Å². The summed E-state index contributed by atoms with van der Waals surface area (Å²) in [6, 6.07) is 0.234. The molecule has 0 spiro atoms. The van der Waals surface area contributed by atoms with E-state index in [2.05, 4.69) is 12.2 Å². The first kappa shape index (κ1) is 9.01. The molecule has 1 saturated carbocycles. The average molecular weight is 157 g/mol. The first-order valence-electron chi connectivity index (χ1n) is 4.55. The van der Waals surface area contributed by atoms with Crippen LogP contribution in [-0.4, -0.2) is 22.8 Å². The fourth-order valence-corrected chi connectivity index (χ4v) is 1.35. The zero-order valence-electron chi connectivity index (χ0n) is 7.72. The van der Waals surface area contributed by atoms with Crippen LogP contribution >= 0.6 is 0 Å². The quantitative estimate of drug-likeness (QED) is 0.644. The van der Waals surface area contributed by atoms with E-state index in [1.807, 2.05) is 13.8 Å². The molecule has 0 radical (unpaired) electrons. The average Bonchev–Trinajstić information content (AvgIpc) is 2.69. The highest BCUT2D eigenvalue weighted by Crippen LogP contribution is 2.38. The van der Waals surface area contributed by atoms with Crippen molar-refractivity contribution in [3.63, 3.8) is 0 Å². The minimum Gasteiger partial charge on any atom is -0.392 e. The van der Waals surface area contributed by atoms with Gasteiger partial charge in [-0.05, 0) is 33.1 Å². The van der Waals surface area contributed by atoms with Crippen LogP contribution in [0.15, 0.2) is 0 Å². The summed E-state index contributed by atoms with van der Waals surface area (Å²) in [4.78, 5) is 0. The molecule has 1 fully saturated rings. The Morgan fingerprint density at radius 1 is 1.45 bits per heavy atom. The minimum absolute atomic E-state index is 0.234. The maximum absolute atomic E-state index is 9.25. The molecule has 0 aliphatic heterocycles. The Morgan fingerprint density at radius 2 is 2.00 bits per heavy atom. The number of hydrogen-bond acceptors (Lipinski definition) is 2. The van der Waals surface area contributed by atoms with E-state index in [9.17, 15) is 5.11 Å². The van der Waals surface area contributed by atoms with Crippen LogP contribution in [0.2, 0.25) is 0 Å². The number of hydrogen-bond donors (Lipinski definition) is 2. The monoisotopic (exact) mass is 157 g/mol. The third-order valence-corrected chi connectivity index (χ3v) is 2.79. The molecular weight excluding hydrogens is 138 g/mol. The smallest absolute Gasteiger partial charge is 0.0662 e. The maximum Gasteiger partial charge on any atom is 0.0662 e. The zero-order chi connectivity index (χ0) is 8.48. The highest BCUT2D eigenvalue weighted by Gasteiger charge is 2.41. The largest absolute Gasteiger partial charge is 0.392 e. The van der Waals surface area contributed by atoms with Gasteiger partial charge in [-0.3, -0.25) is 0 Å². The molecule has 2 N–H and O–H groups in total. The Balaban J connectivity index is 2.30. The van der Waals surface area contributed by atoms with Crippen LogP contribution in [0, 0.1) is 0 Å². The molecule has 66 valence electrons. The molecule has 0 aromatic rings. The van der Waals surface area contributed by atoms with Gasteiger partial charge in [0.15, 0.2) is 0 Å². The number of rotatable bonds is 4. The summed E-state index contributed by atoms with van der Waals surface area (Å²) in [6.45, 7) is 6.08. The minimum atomic E-state index is -0.237. The molecule has 0 aromatic heterocycles. The maximum atomic E-state index is 9.25. The van der Waals surface area contributed by atoms with E-state index < -0.39 is 0 Å². The highest BCUT2D eigenvalue weighted by molar-refractivity contribution is 5.02. The summed E-state index contributed by atoms with van der Waals surface area (Å²) in [6.07, 6.45) is 3.50. The van der Waals surface area contributed by atoms with Crippen LogP contribution in [0.5, 0.6) is 0 Å². The van der Waals surface area contributed by atoms with Gasteiger partial charge in [-0.15, -0.1) is 0 Å². The lowest BCUT2D eigenvalue weighted by Gasteiger charge is -2.23. The molecule has 2 nitrogen and oxygen atoms in total. The standard InChI is InChI=1S/C9H19NO/c1-4-9(5-6-9)10-7(2)8(3)11/h7-8,10-11H,4-6H2,1-3H3. The fourth-order valence-electron chi connectivity index (χ4n) is 1.35. The summed E-state index contributed by atoms with van der Waals surface area (Å²) in [7, 11) is 0. The zero-order valence-corrected chi connectivity index (χ0v) is 7.72. The van der Waals surface area contributed by atoms with Crippen molar-refractivity contribution >= 4 is 0 Å². The normalized spacial score (nSPS) is 26.2. The van der Waals surface area contributed by atoms with Gasteiger partial charge in [0.2, 0.25) is 0 Å². The van der Waals surface area contributed by atoms with Crippen molar-refractivity contribution in [2.24, 2.45) is 0 Å². The summed E-state index contributed by atoms with van der Waals surface area (Å²) in [5, 5.41) is 12.7. The molecule has 11 heavy (non-hydrogen) atoms. The van der Waals surface area contributed by atoms with Crippen molar-refractivity contribution in [3.8, 4) is 0 Å². The number of aliphatic hydroxyl groups is 1. The lowest BCUT2D eigenvalue weighted by Crippen LogP contribution is -2.43. The third-order valence-electron chi connectivity index (χ3n) is 2.79. The molecule has 2 heteroatoms. The van der Waals surface area contributed by atoms with Gasteiger partial charge in [0.25, 0.3) is 0 Å². The second-order valence-corrected chi connectivity index (χ2v) is 3.81. The Morgan fingerprint density at radius 3 is 2.27 bits per heavy atom. The lowest BCUT2D eigenvalue weighted by molar-refractivity contribution is 0.142. The summed E-state index contributed by atoms with van der Waals surface area (Å²) >= 11 is 0. The molecule has 0 bridgehead atoms. The molecular formula is C9H19NO. The van der Waals surface area contributed by atoms with Gasteiger partial charge < -0.3 is 10.4 Å². The van der Waals surface area contributed by atoms with E-state index in [-0.39, 0.29) is 12.1 Å². The first-order chi connectivity index (χ1) is 5.09. The SMILES string of the molecule is CCC1(NC(C)C(C)O)CC1. The summed E-state index contributed by atoms with van der Waals surface area (Å²) < 4.78 is 0. The fraction of sp³-hybridized carbons (Fsp3) is 1.00. The van der Waals surface area contributed by atoms with Crippen LogP contribution < -0.4 is 5.32 Å². The van der Waals surface area contributed by atoms with E-state index in [4.69, 9.17) is 0 Å². The van der Waals surface area contributed by atoms with Gasteiger partial charge in [-0.25, -0.2) is 0 Å². The summed E-state index contributed by atoms with van der Waals surface area (Å²) in [5.74, 6) is 0. The van der Waals surface area contributed by atoms with Crippen molar-refractivity contribution in [3.05, 3.63) is 0 Å². The van der Waals surface area contributed by atoms with Gasteiger partial charge in [0.1, 0.15) is 0 Å². The molecule has 0 amide bonds. The van der Waals surface area contributed by atoms with Crippen LogP contribution in [0.25, 0.3) is 0 Å². The van der Waals surface area contributed by atoms with Crippen molar-refractivity contribution in [1.82, 2.24) is 5.32 Å². The van der Waals surface area contributed by atoms with Gasteiger partial charge >= 0.3 is 0 Å². The van der Waals surface area contributed by atoms with Gasteiger partial charge in [-0.1, -0.05) is 6.92 Å². The Kier molecular flexibility index (Phi) is 2.55. The molecule has 1 aliphatic rings. The van der Waals surface area contributed by atoms with Crippen LogP contribution in [0.1, 0.15) is 40.0 Å². The molecule has 0 heterocycles. The molecule has 2 atom stereocenters. The van der Waals surface area contributed by atoms with E-state index in [1.165, 1.54) is 19.3 Å². The molecule has 1 rings (SSSR count). The van der Waals surface area contributed by atoms with Crippen LogP contribution in [0.4, 0.5) is 0 Å². The van der Waals surface area contributed by atoms with Crippen LogP contribution in [0.3, 0.4) is 0 Å². The second kappa shape index (κ2) is 3.11. The van der Waals surface area contributed by atoms with Gasteiger partial charge in [-0.2, -0.15) is 0 Å². The van der Waals surface area contributed by atoms with E-state index in [0.717, 1.165) is 0 Å². The Labute approximate surface area is 69.0 Å². The third kappa shape index (κ3) is 2.17. The summed E-state index contributed by atoms with van der Waals surface area (Å²) in [5.41, 5.74) is 0.385. The van der Waals surface area contributed by atoms with Gasteiger partial charge in [0, 0.05) is 11.6 Å². The predicted molar refractivity (Wildman–Crippen MR) is 46.5 cm³/mol.